The summed E-state index contributed by atoms with van der Waals surface area (Å²) in [6.07, 6.45) is 1.19. The minimum Gasteiger partial charge on any atom is -0.505 e. The highest BCUT2D eigenvalue weighted by Crippen LogP contribution is 2.33. The molecule has 1 heterocycles. The maximum absolute atomic E-state index is 12.8. The first kappa shape index (κ1) is 20.4. The SMILES string of the molecule is COC(=O)c1ccc(N2C(=O)NC(=O)/C(=C\c3cc(Cl)c(O)c(Cl)c3)C2=O)cc1. The fourth-order valence-electron chi connectivity index (χ4n) is 2.59. The van der Waals surface area contributed by atoms with Crippen molar-refractivity contribution < 1.29 is 29.0 Å². The second-order valence-corrected chi connectivity index (χ2v) is 6.64. The number of phenols is 1. The third-order valence-electron chi connectivity index (χ3n) is 4.00. The molecular formula is C19H12Cl2N2O6. The van der Waals surface area contributed by atoms with Gasteiger partial charge in [-0.25, -0.2) is 14.5 Å². The molecule has 29 heavy (non-hydrogen) atoms. The number of esters is 1. The molecule has 0 aliphatic carbocycles. The van der Waals surface area contributed by atoms with Crippen LogP contribution in [-0.2, 0) is 14.3 Å². The molecule has 0 radical (unpaired) electrons. The monoisotopic (exact) mass is 434 g/mol. The highest BCUT2D eigenvalue weighted by Gasteiger charge is 2.36. The fourth-order valence-corrected chi connectivity index (χ4v) is 3.10. The molecule has 2 aromatic carbocycles. The second kappa shape index (κ2) is 7.94. The van der Waals surface area contributed by atoms with Gasteiger partial charge in [0.05, 0.1) is 28.4 Å². The van der Waals surface area contributed by atoms with Gasteiger partial charge in [-0.3, -0.25) is 14.9 Å². The topological polar surface area (TPSA) is 113 Å². The summed E-state index contributed by atoms with van der Waals surface area (Å²) in [7, 11) is 1.22. The van der Waals surface area contributed by atoms with Gasteiger partial charge in [0, 0.05) is 0 Å². The van der Waals surface area contributed by atoms with Gasteiger partial charge in [-0.1, -0.05) is 23.2 Å². The zero-order valence-corrected chi connectivity index (χ0v) is 16.2. The number of benzene rings is 2. The Hall–Kier alpha value is -3.36. The summed E-state index contributed by atoms with van der Waals surface area (Å²) >= 11 is 11.7. The van der Waals surface area contributed by atoms with Crippen molar-refractivity contribution in [2.75, 3.05) is 12.0 Å². The summed E-state index contributed by atoms with van der Waals surface area (Å²) in [6.45, 7) is 0. The van der Waals surface area contributed by atoms with E-state index >= 15 is 0 Å². The number of methoxy groups -OCH3 is 1. The number of carbonyl (C=O) groups excluding carboxylic acids is 4. The molecule has 148 valence electrons. The molecule has 4 amide bonds. The van der Waals surface area contributed by atoms with E-state index in [0.29, 0.717) is 0 Å². The molecule has 2 N–H and O–H groups in total. The minimum atomic E-state index is -0.940. The van der Waals surface area contributed by atoms with E-state index in [1.807, 2.05) is 0 Å². The molecule has 3 rings (SSSR count). The van der Waals surface area contributed by atoms with Crippen LogP contribution in [0.25, 0.3) is 6.08 Å². The summed E-state index contributed by atoms with van der Waals surface area (Å²) in [5, 5.41) is 11.6. The number of carbonyl (C=O) groups is 4. The van der Waals surface area contributed by atoms with Crippen molar-refractivity contribution in [3.63, 3.8) is 0 Å². The number of barbiturate groups is 1. The average Bonchev–Trinajstić information content (AvgIpc) is 2.69. The summed E-state index contributed by atoms with van der Waals surface area (Å²) in [5.41, 5.74) is 0.285. The number of rotatable bonds is 3. The fraction of sp³-hybridized carbons (Fsp3) is 0.0526. The van der Waals surface area contributed by atoms with E-state index in [0.717, 1.165) is 4.90 Å². The largest absolute Gasteiger partial charge is 0.505 e. The van der Waals surface area contributed by atoms with Gasteiger partial charge in [-0.15, -0.1) is 0 Å². The molecule has 10 heteroatoms. The third kappa shape index (κ3) is 3.94. The zero-order valence-electron chi connectivity index (χ0n) is 14.7. The lowest BCUT2D eigenvalue weighted by atomic mass is 10.1. The number of halogens is 2. The van der Waals surface area contributed by atoms with Crippen molar-refractivity contribution in [2.24, 2.45) is 0 Å². The lowest BCUT2D eigenvalue weighted by molar-refractivity contribution is -0.122. The van der Waals surface area contributed by atoms with Crippen molar-refractivity contribution in [3.8, 4) is 5.75 Å². The molecule has 1 fully saturated rings. The average molecular weight is 435 g/mol. The van der Waals surface area contributed by atoms with Gasteiger partial charge in [-0.2, -0.15) is 0 Å². The Morgan fingerprint density at radius 2 is 1.69 bits per heavy atom. The van der Waals surface area contributed by atoms with Crippen LogP contribution in [0.5, 0.6) is 5.75 Å². The number of anilines is 1. The predicted molar refractivity (Wildman–Crippen MR) is 105 cm³/mol. The highest BCUT2D eigenvalue weighted by molar-refractivity contribution is 6.40. The Morgan fingerprint density at radius 3 is 2.24 bits per heavy atom. The Morgan fingerprint density at radius 1 is 1.10 bits per heavy atom. The van der Waals surface area contributed by atoms with E-state index < -0.39 is 23.8 Å². The summed E-state index contributed by atoms with van der Waals surface area (Å²) in [6, 6.07) is 7.16. The van der Waals surface area contributed by atoms with Crippen LogP contribution in [0.4, 0.5) is 10.5 Å². The molecule has 1 aliphatic heterocycles. The van der Waals surface area contributed by atoms with Crippen molar-refractivity contribution in [1.82, 2.24) is 5.32 Å². The Kier molecular flexibility index (Phi) is 5.58. The highest BCUT2D eigenvalue weighted by atomic mass is 35.5. The van der Waals surface area contributed by atoms with E-state index in [2.05, 4.69) is 10.1 Å². The number of nitrogens with zero attached hydrogens (tertiary/aromatic N) is 1. The van der Waals surface area contributed by atoms with Crippen molar-refractivity contribution >= 4 is 58.8 Å². The Labute approximate surface area is 174 Å². The smallest absolute Gasteiger partial charge is 0.337 e. The number of urea groups is 1. The van der Waals surface area contributed by atoms with Gasteiger partial charge in [0.1, 0.15) is 5.57 Å². The lowest BCUT2D eigenvalue weighted by Gasteiger charge is -2.26. The van der Waals surface area contributed by atoms with Crippen molar-refractivity contribution in [1.29, 1.82) is 0 Å². The van der Waals surface area contributed by atoms with Gasteiger partial charge in [0.25, 0.3) is 11.8 Å². The first-order valence-corrected chi connectivity index (χ1v) is 8.76. The normalized spacial score (nSPS) is 15.5. The molecule has 1 aliphatic rings. The van der Waals surface area contributed by atoms with Gasteiger partial charge in [0.2, 0.25) is 0 Å². The van der Waals surface area contributed by atoms with E-state index in [9.17, 15) is 24.3 Å². The van der Waals surface area contributed by atoms with Gasteiger partial charge >= 0.3 is 12.0 Å². The van der Waals surface area contributed by atoms with E-state index in [4.69, 9.17) is 23.2 Å². The number of hydrogen-bond donors (Lipinski definition) is 2. The van der Waals surface area contributed by atoms with Gasteiger partial charge < -0.3 is 9.84 Å². The van der Waals surface area contributed by atoms with E-state index in [-0.39, 0.29) is 38.2 Å². The van der Waals surface area contributed by atoms with Crippen LogP contribution in [0.15, 0.2) is 42.0 Å². The van der Waals surface area contributed by atoms with Crippen molar-refractivity contribution in [3.05, 3.63) is 63.1 Å². The second-order valence-electron chi connectivity index (χ2n) is 5.83. The molecule has 0 saturated carbocycles. The number of nitrogens with one attached hydrogen (secondary N) is 1. The van der Waals surface area contributed by atoms with Crippen LogP contribution in [0.1, 0.15) is 15.9 Å². The maximum Gasteiger partial charge on any atom is 0.337 e. The molecule has 0 atom stereocenters. The number of amides is 4. The molecule has 1 saturated heterocycles. The molecule has 0 spiro atoms. The molecule has 8 nitrogen and oxygen atoms in total. The first-order valence-electron chi connectivity index (χ1n) is 8.00. The first-order chi connectivity index (χ1) is 13.7. The van der Waals surface area contributed by atoms with Crippen LogP contribution in [0.3, 0.4) is 0 Å². The molecular weight excluding hydrogens is 423 g/mol. The number of phenolic OH excluding ortho intramolecular Hbond substituents is 1. The van der Waals surface area contributed by atoms with Crippen LogP contribution in [0, 0.1) is 0 Å². The summed E-state index contributed by atoms with van der Waals surface area (Å²) in [4.78, 5) is 49.5. The standard InChI is InChI=1S/C19H12Cl2N2O6/c1-29-18(27)10-2-4-11(5-3-10)23-17(26)12(16(25)22-19(23)28)6-9-7-13(20)15(24)14(21)8-9/h2-8,24H,1H3,(H,22,25,28)/b12-6+. The van der Waals surface area contributed by atoms with Crippen LogP contribution in [-0.4, -0.2) is 36.0 Å². The summed E-state index contributed by atoms with van der Waals surface area (Å²) < 4.78 is 4.60. The molecule has 0 aromatic heterocycles. The number of aromatic hydroxyl groups is 1. The van der Waals surface area contributed by atoms with Crippen molar-refractivity contribution in [2.45, 2.75) is 0 Å². The lowest BCUT2D eigenvalue weighted by Crippen LogP contribution is -2.54. The number of hydrogen-bond acceptors (Lipinski definition) is 6. The predicted octanol–water partition coefficient (Wildman–Crippen LogP) is 3.15. The zero-order chi connectivity index (χ0) is 21.3. The number of ether oxygens (including phenoxy) is 1. The quantitative estimate of drug-likeness (QED) is 0.435. The van der Waals surface area contributed by atoms with Crippen LogP contribution < -0.4 is 10.2 Å². The molecule has 2 aromatic rings. The Bertz CT molecular complexity index is 1060. The van der Waals surface area contributed by atoms with Gasteiger partial charge in [0.15, 0.2) is 5.75 Å². The summed E-state index contributed by atoms with van der Waals surface area (Å²) in [5.74, 6) is -2.70. The Balaban J connectivity index is 1.99. The number of imide groups is 2. The molecule has 0 unspecified atom stereocenters. The minimum absolute atomic E-state index is 0.0700. The molecule has 0 bridgehead atoms. The van der Waals surface area contributed by atoms with Crippen LogP contribution >= 0.6 is 23.2 Å². The third-order valence-corrected chi connectivity index (χ3v) is 4.57. The maximum atomic E-state index is 12.8. The van der Waals surface area contributed by atoms with Crippen LogP contribution in [0.2, 0.25) is 10.0 Å². The van der Waals surface area contributed by atoms with Gasteiger partial charge in [-0.05, 0) is 48.0 Å². The van der Waals surface area contributed by atoms with E-state index in [1.54, 1.807) is 0 Å². The van der Waals surface area contributed by atoms with E-state index in [1.165, 1.54) is 49.6 Å².